The number of benzene rings is 2. The third-order valence-electron chi connectivity index (χ3n) is 6.12. The van der Waals surface area contributed by atoms with Crippen LogP contribution in [-0.2, 0) is 16.0 Å². The fourth-order valence-electron chi connectivity index (χ4n) is 4.13. The number of ether oxygens (including phenoxy) is 3. The van der Waals surface area contributed by atoms with E-state index in [2.05, 4.69) is 6.08 Å². The van der Waals surface area contributed by atoms with Crippen LogP contribution in [0.1, 0.15) is 24.0 Å². The molecule has 2 unspecified atom stereocenters. The smallest absolute Gasteiger partial charge is 0.156 e. The van der Waals surface area contributed by atoms with Crippen molar-refractivity contribution in [3.63, 3.8) is 0 Å². The molecule has 0 spiro atoms. The molecular weight excluding hydrogens is 511 g/mol. The number of allylic oxidation sites excluding steroid dienone is 4. The average molecular weight is 541 g/mol. The molecule has 0 aromatic heterocycles. The predicted octanol–water partition coefficient (Wildman–Crippen LogP) is 6.32. The maximum absolute atomic E-state index is 11.9. The van der Waals surface area contributed by atoms with Gasteiger partial charge in [0, 0.05) is 12.4 Å². The lowest BCUT2D eigenvalue weighted by atomic mass is 9.97. The fourth-order valence-corrected chi connectivity index (χ4v) is 4.83. The van der Waals surface area contributed by atoms with Crippen molar-refractivity contribution in [2.75, 3.05) is 13.2 Å². The van der Waals surface area contributed by atoms with Crippen LogP contribution < -0.4 is 15.2 Å². The Kier molecular flexibility index (Phi) is 9.34. The zero-order valence-electron chi connectivity index (χ0n) is 20.6. The van der Waals surface area contributed by atoms with Crippen molar-refractivity contribution >= 4 is 29.5 Å². The van der Waals surface area contributed by atoms with E-state index in [0.717, 1.165) is 41.6 Å². The molecule has 1 aliphatic heterocycles. The number of nitrogens with zero attached hydrogens (tertiary/aromatic N) is 1. The Morgan fingerprint density at radius 2 is 1.86 bits per heavy atom. The molecule has 2 N–H and O–H groups in total. The summed E-state index contributed by atoms with van der Waals surface area (Å²) in [5, 5.41) is 0.944. The molecule has 2 atom stereocenters. The lowest BCUT2D eigenvalue weighted by molar-refractivity contribution is -0.112. The van der Waals surface area contributed by atoms with Crippen LogP contribution in [0.4, 0.5) is 0 Å². The highest BCUT2D eigenvalue weighted by Crippen LogP contribution is 2.34. The van der Waals surface area contributed by atoms with Gasteiger partial charge in [0.05, 0.1) is 22.1 Å². The van der Waals surface area contributed by atoms with E-state index in [1.165, 1.54) is 0 Å². The van der Waals surface area contributed by atoms with Gasteiger partial charge in [-0.15, -0.1) is 0 Å². The minimum absolute atomic E-state index is 0.294. The SMILES string of the molecule is Cc1cc(Cl)c(OCCOc2ccc(CC(C=O)C(N)N3C=COC(C4=CC=CCC4)=C3)cc2)c(Cl)c1. The Morgan fingerprint density at radius 1 is 1.14 bits per heavy atom. The topological polar surface area (TPSA) is 74.0 Å². The highest BCUT2D eigenvalue weighted by molar-refractivity contribution is 6.37. The Hall–Kier alpha value is -3.19. The van der Waals surface area contributed by atoms with Gasteiger partial charge in [-0.1, -0.05) is 53.6 Å². The fraction of sp³-hybridized carbons (Fsp3) is 0.276. The zero-order chi connectivity index (χ0) is 26.2. The van der Waals surface area contributed by atoms with Crippen LogP contribution in [0.2, 0.25) is 10.0 Å². The molecule has 0 radical (unpaired) electrons. The van der Waals surface area contributed by atoms with E-state index in [0.29, 0.717) is 41.2 Å². The van der Waals surface area contributed by atoms with Crippen LogP contribution in [-0.4, -0.2) is 30.6 Å². The van der Waals surface area contributed by atoms with Gasteiger partial charge in [-0.05, 0) is 67.2 Å². The molecule has 8 heteroatoms. The van der Waals surface area contributed by atoms with E-state index in [4.69, 9.17) is 43.1 Å². The largest absolute Gasteiger partial charge is 0.490 e. The van der Waals surface area contributed by atoms with Crippen LogP contribution in [0.15, 0.2) is 84.6 Å². The van der Waals surface area contributed by atoms with E-state index in [-0.39, 0.29) is 0 Å². The summed E-state index contributed by atoms with van der Waals surface area (Å²) in [5.41, 5.74) is 9.54. The molecule has 4 rings (SSSR count). The van der Waals surface area contributed by atoms with E-state index in [9.17, 15) is 4.79 Å². The molecule has 2 aromatic rings. The van der Waals surface area contributed by atoms with Gasteiger partial charge in [0.1, 0.15) is 37.3 Å². The Morgan fingerprint density at radius 3 is 2.54 bits per heavy atom. The number of aldehydes is 1. The predicted molar refractivity (Wildman–Crippen MR) is 146 cm³/mol. The average Bonchev–Trinajstić information content (AvgIpc) is 2.91. The van der Waals surface area contributed by atoms with E-state index >= 15 is 0 Å². The summed E-state index contributed by atoms with van der Waals surface area (Å²) in [6.07, 6.45) is 14.2. The third-order valence-corrected chi connectivity index (χ3v) is 6.68. The zero-order valence-corrected chi connectivity index (χ0v) is 22.1. The maximum Gasteiger partial charge on any atom is 0.156 e. The molecule has 1 aliphatic carbocycles. The molecule has 0 bridgehead atoms. The molecule has 37 heavy (non-hydrogen) atoms. The highest BCUT2D eigenvalue weighted by Gasteiger charge is 2.24. The van der Waals surface area contributed by atoms with Crippen LogP contribution >= 0.6 is 23.2 Å². The van der Waals surface area contributed by atoms with Gasteiger partial charge in [-0.2, -0.15) is 0 Å². The van der Waals surface area contributed by atoms with Crippen molar-refractivity contribution in [1.29, 1.82) is 0 Å². The second-order valence-electron chi connectivity index (χ2n) is 8.90. The summed E-state index contributed by atoms with van der Waals surface area (Å²) in [7, 11) is 0. The summed E-state index contributed by atoms with van der Waals surface area (Å²) in [6.45, 7) is 2.54. The quantitative estimate of drug-likeness (QED) is 0.265. The molecule has 0 amide bonds. The van der Waals surface area contributed by atoms with Gasteiger partial charge >= 0.3 is 0 Å². The molecule has 0 fully saturated rings. The Labute approximate surface area is 227 Å². The molecule has 2 aliphatic rings. The highest BCUT2D eigenvalue weighted by atomic mass is 35.5. The van der Waals surface area contributed by atoms with Crippen LogP contribution in [0.5, 0.6) is 11.5 Å². The van der Waals surface area contributed by atoms with E-state index < -0.39 is 12.1 Å². The Bertz CT molecular complexity index is 1200. The van der Waals surface area contributed by atoms with Crippen molar-refractivity contribution in [3.8, 4) is 11.5 Å². The van der Waals surface area contributed by atoms with Gasteiger partial charge in [-0.25, -0.2) is 0 Å². The lowest BCUT2D eigenvalue weighted by Crippen LogP contribution is -2.44. The van der Waals surface area contributed by atoms with Crippen molar-refractivity contribution in [3.05, 3.63) is 106 Å². The van der Waals surface area contributed by atoms with Gasteiger partial charge in [0.15, 0.2) is 5.75 Å². The number of hydrogen-bond acceptors (Lipinski definition) is 6. The second kappa shape index (κ2) is 12.9. The molecule has 194 valence electrons. The van der Waals surface area contributed by atoms with Crippen molar-refractivity contribution < 1.29 is 19.0 Å². The van der Waals surface area contributed by atoms with Crippen molar-refractivity contribution in [2.45, 2.75) is 32.4 Å². The summed E-state index contributed by atoms with van der Waals surface area (Å²) >= 11 is 12.4. The van der Waals surface area contributed by atoms with Gasteiger partial charge in [-0.3, -0.25) is 0 Å². The first kappa shape index (κ1) is 26.9. The number of carbonyl (C=O) groups is 1. The second-order valence-corrected chi connectivity index (χ2v) is 9.71. The summed E-state index contributed by atoms with van der Waals surface area (Å²) in [4.78, 5) is 13.8. The number of nitrogens with two attached hydrogens (primary N) is 1. The van der Waals surface area contributed by atoms with Gasteiger partial charge < -0.3 is 29.6 Å². The molecular formula is C29H30Cl2N2O4. The van der Waals surface area contributed by atoms with E-state index in [1.54, 1.807) is 24.6 Å². The van der Waals surface area contributed by atoms with Crippen LogP contribution in [0.3, 0.4) is 0 Å². The van der Waals surface area contributed by atoms with Crippen molar-refractivity contribution in [1.82, 2.24) is 4.90 Å². The number of aryl methyl sites for hydroxylation is 1. The molecule has 6 nitrogen and oxygen atoms in total. The molecule has 2 aromatic carbocycles. The number of halogens is 2. The minimum Gasteiger partial charge on any atom is -0.490 e. The first-order valence-electron chi connectivity index (χ1n) is 12.1. The molecule has 1 heterocycles. The summed E-state index contributed by atoms with van der Waals surface area (Å²) in [5.74, 6) is 1.49. The normalized spacial score (nSPS) is 16.4. The monoisotopic (exact) mass is 540 g/mol. The Balaban J connectivity index is 1.29. The maximum atomic E-state index is 11.9. The molecule has 0 saturated carbocycles. The summed E-state index contributed by atoms with van der Waals surface area (Å²) in [6, 6.07) is 11.2. The van der Waals surface area contributed by atoms with Crippen LogP contribution in [0.25, 0.3) is 0 Å². The van der Waals surface area contributed by atoms with E-state index in [1.807, 2.05) is 54.4 Å². The summed E-state index contributed by atoms with van der Waals surface area (Å²) < 4.78 is 17.1. The number of carbonyl (C=O) groups excluding carboxylic acids is 1. The van der Waals surface area contributed by atoms with Crippen molar-refractivity contribution in [2.24, 2.45) is 11.7 Å². The number of hydrogen-bond donors (Lipinski definition) is 1. The lowest BCUT2D eigenvalue weighted by Gasteiger charge is -2.31. The standard InChI is InChI=1S/C29H30Cl2N2O4/c1-20-15-25(30)28(26(31)16-20)37-14-13-35-24-9-7-21(8-10-24)17-23(19-34)29(32)33-11-12-36-27(18-33)22-5-3-2-4-6-22/h2-3,5,7-12,15-16,18-19,23,29H,4,6,13-14,17,32H2,1H3. The number of rotatable bonds is 11. The third kappa shape index (κ3) is 7.19. The van der Waals surface area contributed by atoms with Gasteiger partial charge in [0.2, 0.25) is 0 Å². The minimum atomic E-state index is -0.527. The molecule has 0 saturated heterocycles. The van der Waals surface area contributed by atoms with Crippen LogP contribution in [0, 0.1) is 12.8 Å². The van der Waals surface area contributed by atoms with Gasteiger partial charge in [0.25, 0.3) is 0 Å². The first-order valence-corrected chi connectivity index (χ1v) is 12.9. The first-order chi connectivity index (χ1) is 17.9.